The molecule has 0 unspecified atom stereocenters. The zero-order valence-electron chi connectivity index (χ0n) is 15.1. The Kier molecular flexibility index (Phi) is 5.30. The number of carbonyl (C=O) groups is 1. The monoisotopic (exact) mass is 526 g/mol. The first-order valence-corrected chi connectivity index (χ1v) is 11.8. The topological polar surface area (TPSA) is 114 Å². The van der Waals surface area contributed by atoms with Gasteiger partial charge in [0.2, 0.25) is 0 Å². The smallest absolute Gasteiger partial charge is 0.432 e. The average molecular weight is 528 g/mol. The van der Waals surface area contributed by atoms with Crippen molar-refractivity contribution in [3.05, 3.63) is 57.9 Å². The molecule has 0 saturated carbocycles. The van der Waals surface area contributed by atoms with Crippen molar-refractivity contribution in [3.8, 4) is 10.4 Å². The molecule has 8 nitrogen and oxygen atoms in total. The van der Waals surface area contributed by atoms with Crippen LogP contribution in [0.15, 0.2) is 52.1 Å². The van der Waals surface area contributed by atoms with Crippen molar-refractivity contribution in [2.24, 2.45) is 0 Å². The third-order valence-electron chi connectivity index (χ3n) is 4.12. The Balaban J connectivity index is 1.84. The molecule has 12 heteroatoms. The van der Waals surface area contributed by atoms with Crippen LogP contribution in [0.2, 0.25) is 5.02 Å². The lowest BCUT2D eigenvalue weighted by Crippen LogP contribution is -2.13. The lowest BCUT2D eigenvalue weighted by molar-refractivity contribution is 0.192. The van der Waals surface area contributed by atoms with Crippen LogP contribution in [0.25, 0.3) is 20.7 Å². The van der Waals surface area contributed by atoms with Gasteiger partial charge in [-0.05, 0) is 47.1 Å². The van der Waals surface area contributed by atoms with Gasteiger partial charge in [0.15, 0.2) is 0 Å². The van der Waals surface area contributed by atoms with Crippen molar-refractivity contribution in [2.75, 3.05) is 4.72 Å². The Labute approximate surface area is 188 Å². The second-order valence-electron chi connectivity index (χ2n) is 6.26. The van der Waals surface area contributed by atoms with Crippen LogP contribution in [0.1, 0.15) is 5.69 Å². The van der Waals surface area contributed by atoms with E-state index in [2.05, 4.69) is 30.7 Å². The van der Waals surface area contributed by atoms with Crippen LogP contribution < -0.4 is 4.72 Å². The van der Waals surface area contributed by atoms with Crippen LogP contribution in [0.3, 0.4) is 0 Å². The number of pyridine rings is 1. The lowest BCUT2D eigenvalue weighted by Gasteiger charge is -2.10. The molecule has 1 aromatic carbocycles. The highest BCUT2D eigenvalue weighted by atomic mass is 79.9. The van der Waals surface area contributed by atoms with Gasteiger partial charge in [0.1, 0.15) is 4.83 Å². The Hall–Kier alpha value is -2.47. The van der Waals surface area contributed by atoms with E-state index in [4.69, 9.17) is 16.7 Å². The minimum atomic E-state index is -3.90. The van der Waals surface area contributed by atoms with Gasteiger partial charge in [0.25, 0.3) is 10.0 Å². The maximum atomic E-state index is 12.9. The number of thiophene rings is 1. The largest absolute Gasteiger partial charge is 0.463 e. The molecule has 0 fully saturated rings. The van der Waals surface area contributed by atoms with E-state index >= 15 is 0 Å². The molecule has 0 atom stereocenters. The van der Waals surface area contributed by atoms with E-state index in [9.17, 15) is 13.2 Å². The molecule has 3 heterocycles. The summed E-state index contributed by atoms with van der Waals surface area (Å²) in [6.45, 7) is 1.76. The Morgan fingerprint density at radius 1 is 1.33 bits per heavy atom. The molecule has 0 radical (unpaired) electrons. The first kappa shape index (κ1) is 20.8. The number of benzene rings is 1. The fraction of sp³-hybridized carbons (Fsp3) is 0.0556. The summed E-state index contributed by atoms with van der Waals surface area (Å²) in [5, 5.41) is 13.8. The van der Waals surface area contributed by atoms with Crippen molar-refractivity contribution in [2.45, 2.75) is 11.8 Å². The van der Waals surface area contributed by atoms with E-state index in [0.717, 1.165) is 4.68 Å². The van der Waals surface area contributed by atoms with Crippen molar-refractivity contribution in [3.63, 3.8) is 0 Å². The van der Waals surface area contributed by atoms with E-state index in [1.807, 2.05) is 0 Å². The van der Waals surface area contributed by atoms with Crippen LogP contribution in [0, 0.1) is 6.92 Å². The van der Waals surface area contributed by atoms with Crippen molar-refractivity contribution >= 4 is 70.9 Å². The summed E-state index contributed by atoms with van der Waals surface area (Å²) in [7, 11) is -3.90. The highest BCUT2D eigenvalue weighted by molar-refractivity contribution is 9.10. The molecule has 0 amide bonds. The van der Waals surface area contributed by atoms with E-state index < -0.39 is 16.1 Å². The fourth-order valence-electron chi connectivity index (χ4n) is 2.83. The first-order valence-electron chi connectivity index (χ1n) is 8.32. The van der Waals surface area contributed by atoms with E-state index in [-0.39, 0.29) is 4.90 Å². The molecule has 0 spiro atoms. The number of halogens is 2. The third-order valence-corrected chi connectivity index (χ3v) is 7.91. The third kappa shape index (κ3) is 3.81. The number of carboxylic acid groups (broad SMARTS) is 1. The number of aromatic nitrogens is 3. The molecule has 0 bridgehead atoms. The summed E-state index contributed by atoms with van der Waals surface area (Å²) in [6.07, 6.45) is 1.59. The SMILES string of the molecule is Cc1cc(NS(=O)(=O)c2cccc(Cl)c2)c2c(Br)c(-c3cnn(C(=O)O)c3)sc2n1. The fourth-order valence-corrected chi connectivity index (χ4v) is 6.31. The Morgan fingerprint density at radius 3 is 2.77 bits per heavy atom. The minimum Gasteiger partial charge on any atom is -0.463 e. The summed E-state index contributed by atoms with van der Waals surface area (Å²) < 4.78 is 29.8. The van der Waals surface area contributed by atoms with Crippen LogP contribution in [-0.4, -0.2) is 34.4 Å². The van der Waals surface area contributed by atoms with Crippen LogP contribution in [-0.2, 0) is 10.0 Å². The Bertz CT molecular complexity index is 1420. The highest BCUT2D eigenvalue weighted by Gasteiger charge is 2.22. The van der Waals surface area contributed by atoms with Gasteiger partial charge in [0, 0.05) is 26.9 Å². The summed E-state index contributed by atoms with van der Waals surface area (Å²) in [6, 6.07) is 7.60. The van der Waals surface area contributed by atoms with Gasteiger partial charge >= 0.3 is 6.09 Å². The lowest BCUT2D eigenvalue weighted by atomic mass is 10.2. The number of fused-ring (bicyclic) bond motifs is 1. The quantitative estimate of drug-likeness (QED) is 0.376. The van der Waals surface area contributed by atoms with E-state index in [1.165, 1.54) is 35.9 Å². The average Bonchev–Trinajstić information content (AvgIpc) is 3.26. The van der Waals surface area contributed by atoms with Crippen LogP contribution in [0.5, 0.6) is 0 Å². The summed E-state index contributed by atoms with van der Waals surface area (Å²) in [5.41, 5.74) is 1.53. The van der Waals surface area contributed by atoms with Crippen molar-refractivity contribution in [1.82, 2.24) is 14.8 Å². The van der Waals surface area contributed by atoms with E-state index in [0.29, 0.717) is 41.5 Å². The minimum absolute atomic E-state index is 0.0342. The van der Waals surface area contributed by atoms with Gasteiger partial charge in [-0.3, -0.25) is 4.72 Å². The first-order chi connectivity index (χ1) is 14.2. The predicted octanol–water partition coefficient (Wildman–Crippen LogP) is 5.21. The molecule has 0 aliphatic carbocycles. The molecular weight excluding hydrogens is 516 g/mol. The van der Waals surface area contributed by atoms with Gasteiger partial charge < -0.3 is 5.11 Å². The molecule has 4 rings (SSSR count). The standard InChI is InChI=1S/C18H12BrClN4O4S2/c1-9-5-13(23-30(27,28)12-4-2-3-11(20)6-12)14-15(19)16(29-17(14)22-9)10-7-21-24(8-10)18(25)26/h2-8H,1H3,(H,22,23)(H,25,26). The van der Waals surface area contributed by atoms with Crippen molar-refractivity contribution < 1.29 is 18.3 Å². The summed E-state index contributed by atoms with van der Waals surface area (Å²) in [4.78, 5) is 16.9. The summed E-state index contributed by atoms with van der Waals surface area (Å²) >= 11 is 10.7. The molecule has 30 heavy (non-hydrogen) atoms. The zero-order chi connectivity index (χ0) is 21.6. The molecule has 0 aliphatic heterocycles. The van der Waals surface area contributed by atoms with Crippen LogP contribution in [0.4, 0.5) is 10.5 Å². The molecule has 0 aliphatic rings. The maximum absolute atomic E-state index is 12.9. The molecule has 0 saturated heterocycles. The number of rotatable bonds is 4. The molecule has 3 aromatic heterocycles. The number of anilines is 1. The van der Waals surface area contributed by atoms with Gasteiger partial charge in [-0.2, -0.15) is 9.78 Å². The van der Waals surface area contributed by atoms with Crippen LogP contribution >= 0.6 is 38.9 Å². The normalized spacial score (nSPS) is 11.7. The number of nitrogens with one attached hydrogen (secondary N) is 1. The van der Waals surface area contributed by atoms with Gasteiger partial charge in [-0.1, -0.05) is 17.7 Å². The molecular formula is C18H12BrClN4O4S2. The maximum Gasteiger partial charge on any atom is 0.432 e. The van der Waals surface area contributed by atoms with Crippen molar-refractivity contribution in [1.29, 1.82) is 0 Å². The number of hydrogen-bond acceptors (Lipinski definition) is 6. The molecule has 154 valence electrons. The number of aryl methyl sites for hydroxylation is 1. The second-order valence-corrected chi connectivity index (χ2v) is 10.2. The molecule has 4 aromatic rings. The van der Waals surface area contributed by atoms with Gasteiger partial charge in [0.05, 0.1) is 27.0 Å². The highest BCUT2D eigenvalue weighted by Crippen LogP contribution is 2.45. The van der Waals surface area contributed by atoms with Gasteiger partial charge in [-0.25, -0.2) is 18.2 Å². The molecule has 2 N–H and O–H groups in total. The predicted molar refractivity (Wildman–Crippen MR) is 119 cm³/mol. The Morgan fingerprint density at radius 2 is 2.10 bits per heavy atom. The number of sulfonamides is 1. The second kappa shape index (κ2) is 7.65. The summed E-state index contributed by atoms with van der Waals surface area (Å²) in [5.74, 6) is 0. The number of nitrogens with zero attached hydrogens (tertiary/aromatic N) is 3. The zero-order valence-corrected chi connectivity index (χ0v) is 19.1. The number of hydrogen-bond donors (Lipinski definition) is 2. The van der Waals surface area contributed by atoms with Gasteiger partial charge in [-0.15, -0.1) is 11.3 Å². The van der Waals surface area contributed by atoms with E-state index in [1.54, 1.807) is 25.1 Å².